The third kappa shape index (κ3) is 7.92. The van der Waals surface area contributed by atoms with E-state index in [2.05, 4.69) is 0 Å². The molecule has 0 atom stereocenters. The van der Waals surface area contributed by atoms with Gasteiger partial charge in [0.2, 0.25) is 0 Å². The molecule has 0 aromatic heterocycles. The molecule has 0 aliphatic heterocycles. The van der Waals surface area contributed by atoms with Gasteiger partial charge in [-0.25, -0.2) is 4.79 Å². The molecule has 0 aliphatic carbocycles. The van der Waals surface area contributed by atoms with Crippen molar-refractivity contribution in [3.05, 3.63) is 102 Å². The second-order valence-electron chi connectivity index (χ2n) is 7.57. The summed E-state index contributed by atoms with van der Waals surface area (Å²) < 4.78 is 10.5. The van der Waals surface area contributed by atoms with Crippen molar-refractivity contribution in [2.24, 2.45) is 0 Å². The fourth-order valence-electron chi connectivity index (χ4n) is 3.21. The molecule has 0 unspecified atom stereocenters. The number of Topliss-reactive ketones (excluding diaryl/α,β-unsaturated/α-hetero) is 1. The molecule has 0 heterocycles. The standard InChI is InChI=1S/C27H27NO5/c1-21(29)24-12-14-25(15-13-24)32-20-27(31)33-19-26(30)28(18-23-10-6-3-7-11-23)17-16-22-8-4-2-5-9-22/h2-15H,16-20H2,1H3. The number of rotatable bonds is 11. The Morgan fingerprint density at radius 2 is 1.36 bits per heavy atom. The number of carbonyl (C=O) groups is 3. The summed E-state index contributed by atoms with van der Waals surface area (Å²) in [7, 11) is 0. The first-order chi connectivity index (χ1) is 16.0. The van der Waals surface area contributed by atoms with E-state index in [0.717, 1.165) is 11.1 Å². The van der Waals surface area contributed by atoms with Crippen LogP contribution in [0.15, 0.2) is 84.9 Å². The highest BCUT2D eigenvalue weighted by Crippen LogP contribution is 2.13. The Morgan fingerprint density at radius 1 is 0.758 bits per heavy atom. The third-order valence-corrected chi connectivity index (χ3v) is 5.06. The maximum atomic E-state index is 12.8. The number of amides is 1. The van der Waals surface area contributed by atoms with Crippen LogP contribution >= 0.6 is 0 Å². The van der Waals surface area contributed by atoms with Gasteiger partial charge in [-0.1, -0.05) is 60.7 Å². The molecule has 33 heavy (non-hydrogen) atoms. The van der Waals surface area contributed by atoms with Gasteiger partial charge in [-0.2, -0.15) is 0 Å². The number of ketones is 1. The average Bonchev–Trinajstić information content (AvgIpc) is 2.85. The minimum Gasteiger partial charge on any atom is -0.482 e. The molecule has 0 radical (unpaired) electrons. The fraction of sp³-hybridized carbons (Fsp3) is 0.222. The molecule has 170 valence electrons. The number of nitrogens with zero attached hydrogens (tertiary/aromatic N) is 1. The van der Waals surface area contributed by atoms with Crippen LogP contribution in [0, 0.1) is 0 Å². The van der Waals surface area contributed by atoms with E-state index in [1.54, 1.807) is 29.2 Å². The predicted octanol–water partition coefficient (Wildman–Crippen LogP) is 4.08. The Balaban J connectivity index is 1.51. The summed E-state index contributed by atoms with van der Waals surface area (Å²) in [4.78, 5) is 37.9. The lowest BCUT2D eigenvalue weighted by Crippen LogP contribution is -2.36. The Bertz CT molecular complexity index is 1050. The largest absolute Gasteiger partial charge is 0.482 e. The molecule has 3 aromatic carbocycles. The summed E-state index contributed by atoms with van der Waals surface area (Å²) in [5.74, 6) is -0.515. The normalized spacial score (nSPS) is 10.3. The summed E-state index contributed by atoms with van der Waals surface area (Å²) in [6.45, 7) is 1.74. The van der Waals surface area contributed by atoms with Gasteiger partial charge >= 0.3 is 5.97 Å². The van der Waals surface area contributed by atoms with Gasteiger partial charge in [0.15, 0.2) is 19.0 Å². The Kier molecular flexibility index (Phi) is 8.77. The van der Waals surface area contributed by atoms with Crippen LogP contribution in [0.1, 0.15) is 28.4 Å². The van der Waals surface area contributed by atoms with Crippen molar-refractivity contribution in [1.29, 1.82) is 0 Å². The van der Waals surface area contributed by atoms with Crippen LogP contribution in [-0.4, -0.2) is 42.3 Å². The van der Waals surface area contributed by atoms with Crippen molar-refractivity contribution >= 4 is 17.7 Å². The smallest absolute Gasteiger partial charge is 0.344 e. The number of carbonyl (C=O) groups excluding carboxylic acids is 3. The predicted molar refractivity (Wildman–Crippen MR) is 125 cm³/mol. The monoisotopic (exact) mass is 445 g/mol. The molecule has 6 nitrogen and oxygen atoms in total. The minimum atomic E-state index is -0.637. The quantitative estimate of drug-likeness (QED) is 0.328. The highest BCUT2D eigenvalue weighted by molar-refractivity contribution is 5.94. The van der Waals surface area contributed by atoms with E-state index in [1.165, 1.54) is 6.92 Å². The average molecular weight is 446 g/mol. The maximum absolute atomic E-state index is 12.8. The minimum absolute atomic E-state index is 0.0493. The molecule has 0 fully saturated rings. The first kappa shape index (κ1) is 23.7. The Morgan fingerprint density at radius 3 is 1.97 bits per heavy atom. The Hall–Kier alpha value is -3.93. The van der Waals surface area contributed by atoms with Gasteiger partial charge in [0.25, 0.3) is 5.91 Å². The van der Waals surface area contributed by atoms with Crippen LogP contribution in [0.5, 0.6) is 5.75 Å². The summed E-state index contributed by atoms with van der Waals surface area (Å²) in [6.07, 6.45) is 0.701. The summed E-state index contributed by atoms with van der Waals surface area (Å²) in [5.41, 5.74) is 2.69. The van der Waals surface area contributed by atoms with Gasteiger partial charge in [0, 0.05) is 18.7 Å². The van der Waals surface area contributed by atoms with Crippen molar-refractivity contribution in [2.45, 2.75) is 19.9 Å². The van der Waals surface area contributed by atoms with Gasteiger partial charge in [-0.3, -0.25) is 9.59 Å². The summed E-state index contributed by atoms with van der Waals surface area (Å²) in [6, 6.07) is 26.1. The lowest BCUT2D eigenvalue weighted by molar-refractivity contribution is -0.153. The molecule has 0 saturated carbocycles. The molecular formula is C27H27NO5. The van der Waals surface area contributed by atoms with Crippen LogP contribution in [0.2, 0.25) is 0 Å². The van der Waals surface area contributed by atoms with Crippen LogP contribution in [0.25, 0.3) is 0 Å². The number of hydrogen-bond donors (Lipinski definition) is 0. The molecule has 0 N–H and O–H groups in total. The third-order valence-electron chi connectivity index (χ3n) is 5.06. The van der Waals surface area contributed by atoms with Gasteiger partial charge in [-0.05, 0) is 48.7 Å². The molecule has 0 bridgehead atoms. The SMILES string of the molecule is CC(=O)c1ccc(OCC(=O)OCC(=O)N(CCc2ccccc2)Cc2ccccc2)cc1. The van der Waals surface area contributed by atoms with Gasteiger partial charge in [0.05, 0.1) is 0 Å². The van der Waals surface area contributed by atoms with Gasteiger partial charge in [-0.15, -0.1) is 0 Å². The highest BCUT2D eigenvalue weighted by atomic mass is 16.6. The van der Waals surface area contributed by atoms with E-state index in [1.807, 2.05) is 60.7 Å². The van der Waals surface area contributed by atoms with Crippen molar-refractivity contribution in [2.75, 3.05) is 19.8 Å². The maximum Gasteiger partial charge on any atom is 0.344 e. The van der Waals surface area contributed by atoms with Crippen LogP contribution in [0.4, 0.5) is 0 Å². The second-order valence-corrected chi connectivity index (χ2v) is 7.57. The zero-order valence-corrected chi connectivity index (χ0v) is 18.6. The van der Waals surface area contributed by atoms with Gasteiger partial charge < -0.3 is 14.4 Å². The van der Waals surface area contributed by atoms with E-state index in [0.29, 0.717) is 30.8 Å². The molecule has 3 rings (SSSR count). The van der Waals surface area contributed by atoms with E-state index in [9.17, 15) is 14.4 Å². The van der Waals surface area contributed by atoms with E-state index >= 15 is 0 Å². The lowest BCUT2D eigenvalue weighted by Gasteiger charge is -2.23. The highest BCUT2D eigenvalue weighted by Gasteiger charge is 2.17. The van der Waals surface area contributed by atoms with Crippen LogP contribution < -0.4 is 4.74 Å². The van der Waals surface area contributed by atoms with Gasteiger partial charge in [0.1, 0.15) is 5.75 Å². The van der Waals surface area contributed by atoms with E-state index < -0.39 is 5.97 Å². The van der Waals surface area contributed by atoms with Crippen LogP contribution in [-0.2, 0) is 27.3 Å². The lowest BCUT2D eigenvalue weighted by atomic mass is 10.1. The van der Waals surface area contributed by atoms with Crippen molar-refractivity contribution in [3.63, 3.8) is 0 Å². The van der Waals surface area contributed by atoms with E-state index in [4.69, 9.17) is 9.47 Å². The van der Waals surface area contributed by atoms with Crippen LogP contribution in [0.3, 0.4) is 0 Å². The fourth-order valence-corrected chi connectivity index (χ4v) is 3.21. The first-order valence-electron chi connectivity index (χ1n) is 10.8. The molecule has 0 spiro atoms. The van der Waals surface area contributed by atoms with Crippen molar-refractivity contribution in [3.8, 4) is 5.75 Å². The van der Waals surface area contributed by atoms with E-state index in [-0.39, 0.29) is 24.9 Å². The molecule has 1 amide bonds. The zero-order chi connectivity index (χ0) is 23.5. The number of ether oxygens (including phenoxy) is 2. The first-order valence-corrected chi connectivity index (χ1v) is 10.8. The second kappa shape index (κ2) is 12.2. The summed E-state index contributed by atoms with van der Waals surface area (Å²) >= 11 is 0. The molecular weight excluding hydrogens is 418 g/mol. The number of benzene rings is 3. The molecule has 3 aromatic rings. The molecule has 6 heteroatoms. The summed E-state index contributed by atoms with van der Waals surface area (Å²) in [5, 5.41) is 0. The molecule has 0 aliphatic rings. The zero-order valence-electron chi connectivity index (χ0n) is 18.6. The van der Waals surface area contributed by atoms with Crippen molar-refractivity contribution < 1.29 is 23.9 Å². The number of esters is 1. The Labute approximate surface area is 193 Å². The van der Waals surface area contributed by atoms with Crippen molar-refractivity contribution in [1.82, 2.24) is 4.90 Å². The number of hydrogen-bond acceptors (Lipinski definition) is 5. The molecule has 0 saturated heterocycles. The topological polar surface area (TPSA) is 72.9 Å².